The van der Waals surface area contributed by atoms with E-state index < -0.39 is 0 Å². The highest BCUT2D eigenvalue weighted by molar-refractivity contribution is 5.90. The number of halogens is 1. The first kappa shape index (κ1) is 12.3. The second-order valence-electron chi connectivity index (χ2n) is 3.88. The highest BCUT2D eigenvalue weighted by atomic mass is 19.1. The summed E-state index contributed by atoms with van der Waals surface area (Å²) in [7, 11) is 0. The molecule has 5 heteroatoms. The van der Waals surface area contributed by atoms with Gasteiger partial charge in [-0.25, -0.2) is 9.37 Å². The van der Waals surface area contributed by atoms with Crippen molar-refractivity contribution in [1.29, 1.82) is 0 Å². The topological polar surface area (TPSA) is 46.9 Å². The van der Waals surface area contributed by atoms with E-state index in [1.54, 1.807) is 29.1 Å². The molecular weight excluding hydrogens is 233 g/mol. The molecule has 0 aliphatic heterocycles. The van der Waals surface area contributed by atoms with Crippen molar-refractivity contribution >= 4 is 11.6 Å². The second kappa shape index (κ2) is 5.44. The maximum absolute atomic E-state index is 12.9. The largest absolute Gasteiger partial charge is 0.326 e. The molecule has 0 bridgehead atoms. The van der Waals surface area contributed by atoms with E-state index in [1.165, 1.54) is 12.1 Å². The van der Waals surface area contributed by atoms with Crippen molar-refractivity contribution in [3.8, 4) is 0 Å². The maximum atomic E-state index is 12.9. The number of nitrogens with one attached hydrogen (secondary N) is 1. The van der Waals surface area contributed by atoms with Crippen molar-refractivity contribution in [2.45, 2.75) is 19.9 Å². The molecule has 1 aromatic heterocycles. The lowest BCUT2D eigenvalue weighted by Crippen LogP contribution is -2.19. The van der Waals surface area contributed by atoms with Gasteiger partial charge in [0.15, 0.2) is 0 Å². The van der Waals surface area contributed by atoms with Crippen LogP contribution in [0.2, 0.25) is 0 Å². The zero-order valence-electron chi connectivity index (χ0n) is 10.1. The Morgan fingerprint density at radius 2 is 2.33 bits per heavy atom. The van der Waals surface area contributed by atoms with Crippen molar-refractivity contribution in [2.24, 2.45) is 0 Å². The summed E-state index contributed by atoms with van der Waals surface area (Å²) in [6.07, 6.45) is 4.18. The molecule has 0 fully saturated rings. The molecule has 18 heavy (non-hydrogen) atoms. The summed E-state index contributed by atoms with van der Waals surface area (Å²) >= 11 is 0. The predicted molar refractivity (Wildman–Crippen MR) is 66.6 cm³/mol. The van der Waals surface area contributed by atoms with Crippen LogP contribution in [0.5, 0.6) is 0 Å². The van der Waals surface area contributed by atoms with Gasteiger partial charge in [0, 0.05) is 24.5 Å². The van der Waals surface area contributed by atoms with E-state index in [-0.39, 0.29) is 18.3 Å². The first-order valence-corrected chi connectivity index (χ1v) is 5.74. The number of carbonyl (C=O) groups is 1. The molecule has 4 nitrogen and oxygen atoms in total. The summed E-state index contributed by atoms with van der Waals surface area (Å²) in [5.74, 6) is 0.280. The number of carbonyl (C=O) groups excluding carboxylic acids is 1. The highest BCUT2D eigenvalue weighted by Gasteiger charge is 2.07. The Morgan fingerprint density at radius 3 is 3.06 bits per heavy atom. The van der Waals surface area contributed by atoms with E-state index in [0.717, 1.165) is 12.2 Å². The van der Waals surface area contributed by atoms with Gasteiger partial charge in [-0.1, -0.05) is 13.0 Å². The molecule has 0 unspecified atom stereocenters. The molecule has 0 radical (unpaired) electrons. The van der Waals surface area contributed by atoms with Gasteiger partial charge in [0.05, 0.1) is 0 Å². The molecule has 0 saturated heterocycles. The summed E-state index contributed by atoms with van der Waals surface area (Å²) in [6, 6.07) is 5.82. The van der Waals surface area contributed by atoms with Gasteiger partial charge in [-0.2, -0.15) is 0 Å². The number of anilines is 1. The normalized spacial score (nSPS) is 10.3. The lowest BCUT2D eigenvalue weighted by Gasteiger charge is -2.07. The molecule has 1 aromatic carbocycles. The van der Waals surface area contributed by atoms with Gasteiger partial charge in [0.1, 0.15) is 18.2 Å². The molecule has 1 N–H and O–H groups in total. The van der Waals surface area contributed by atoms with Crippen LogP contribution < -0.4 is 5.32 Å². The van der Waals surface area contributed by atoms with Gasteiger partial charge >= 0.3 is 0 Å². The summed E-state index contributed by atoms with van der Waals surface area (Å²) < 4.78 is 14.7. The minimum atomic E-state index is -0.371. The first-order chi connectivity index (χ1) is 8.69. The minimum Gasteiger partial charge on any atom is -0.326 e. The average molecular weight is 247 g/mol. The number of nitrogens with zero attached hydrogens (tertiary/aromatic N) is 2. The number of imidazole rings is 1. The van der Waals surface area contributed by atoms with Crippen LogP contribution in [0.3, 0.4) is 0 Å². The fourth-order valence-electron chi connectivity index (χ4n) is 1.72. The van der Waals surface area contributed by atoms with Crippen LogP contribution in [-0.4, -0.2) is 15.5 Å². The molecule has 0 saturated carbocycles. The molecule has 1 amide bonds. The third-order valence-electron chi connectivity index (χ3n) is 2.54. The maximum Gasteiger partial charge on any atom is 0.244 e. The Labute approximate surface area is 104 Å². The van der Waals surface area contributed by atoms with E-state index in [1.807, 2.05) is 6.92 Å². The molecule has 0 aliphatic carbocycles. The van der Waals surface area contributed by atoms with Crippen molar-refractivity contribution in [3.63, 3.8) is 0 Å². The molecule has 2 aromatic rings. The number of amides is 1. The molecule has 0 spiro atoms. The third-order valence-corrected chi connectivity index (χ3v) is 2.54. The van der Waals surface area contributed by atoms with Crippen LogP contribution in [0.15, 0.2) is 36.7 Å². The van der Waals surface area contributed by atoms with E-state index in [9.17, 15) is 9.18 Å². The third kappa shape index (κ3) is 2.94. The number of hydrogen-bond acceptors (Lipinski definition) is 2. The molecule has 0 aliphatic rings. The van der Waals surface area contributed by atoms with E-state index in [2.05, 4.69) is 10.3 Å². The monoisotopic (exact) mass is 247 g/mol. The Hall–Kier alpha value is -2.17. The Bertz CT molecular complexity index is 551. The molecule has 94 valence electrons. The van der Waals surface area contributed by atoms with Crippen molar-refractivity contribution < 1.29 is 9.18 Å². The average Bonchev–Trinajstić information content (AvgIpc) is 2.76. The quantitative estimate of drug-likeness (QED) is 0.900. The first-order valence-electron chi connectivity index (χ1n) is 5.74. The van der Waals surface area contributed by atoms with Crippen LogP contribution in [0, 0.1) is 5.82 Å². The smallest absolute Gasteiger partial charge is 0.244 e. The lowest BCUT2D eigenvalue weighted by molar-refractivity contribution is -0.116. The van der Waals surface area contributed by atoms with Gasteiger partial charge in [0.2, 0.25) is 5.91 Å². The fourth-order valence-corrected chi connectivity index (χ4v) is 1.72. The lowest BCUT2D eigenvalue weighted by atomic mass is 10.3. The molecule has 2 rings (SSSR count). The van der Waals surface area contributed by atoms with Crippen molar-refractivity contribution in [3.05, 3.63) is 48.3 Å². The zero-order valence-corrected chi connectivity index (χ0v) is 10.1. The SMILES string of the molecule is CCc1nccn1CC(=O)Nc1cccc(F)c1. The summed E-state index contributed by atoms with van der Waals surface area (Å²) in [4.78, 5) is 15.9. The number of benzene rings is 1. The van der Waals surface area contributed by atoms with E-state index in [0.29, 0.717) is 5.69 Å². The fraction of sp³-hybridized carbons (Fsp3) is 0.231. The van der Waals surface area contributed by atoms with Gasteiger partial charge in [0.25, 0.3) is 0 Å². The second-order valence-corrected chi connectivity index (χ2v) is 3.88. The van der Waals surface area contributed by atoms with Gasteiger partial charge < -0.3 is 9.88 Å². The van der Waals surface area contributed by atoms with Crippen LogP contribution in [-0.2, 0) is 17.8 Å². The molecule has 0 atom stereocenters. The molecule has 1 heterocycles. The molecular formula is C13H14FN3O. The Kier molecular flexibility index (Phi) is 3.72. The van der Waals surface area contributed by atoms with E-state index in [4.69, 9.17) is 0 Å². The standard InChI is InChI=1S/C13H14FN3O/c1-2-12-15-6-7-17(12)9-13(18)16-11-5-3-4-10(14)8-11/h3-8H,2,9H2,1H3,(H,16,18). The Balaban J connectivity index is 2.01. The van der Waals surface area contributed by atoms with Crippen LogP contribution >= 0.6 is 0 Å². The minimum absolute atomic E-state index is 0.180. The summed E-state index contributed by atoms with van der Waals surface area (Å²) in [6.45, 7) is 2.16. The van der Waals surface area contributed by atoms with E-state index >= 15 is 0 Å². The Morgan fingerprint density at radius 1 is 1.50 bits per heavy atom. The number of rotatable bonds is 4. The number of aromatic nitrogens is 2. The van der Waals surface area contributed by atoms with Gasteiger partial charge in [-0.3, -0.25) is 4.79 Å². The van der Waals surface area contributed by atoms with Crippen LogP contribution in [0.4, 0.5) is 10.1 Å². The number of aryl methyl sites for hydroxylation is 1. The van der Waals surface area contributed by atoms with Crippen LogP contribution in [0.25, 0.3) is 0 Å². The van der Waals surface area contributed by atoms with Crippen molar-refractivity contribution in [1.82, 2.24) is 9.55 Å². The van der Waals surface area contributed by atoms with Crippen molar-refractivity contribution in [2.75, 3.05) is 5.32 Å². The number of hydrogen-bond donors (Lipinski definition) is 1. The predicted octanol–water partition coefficient (Wildman–Crippen LogP) is 2.22. The summed E-state index contributed by atoms with van der Waals surface area (Å²) in [5, 5.41) is 2.64. The van der Waals surface area contributed by atoms with Gasteiger partial charge in [-0.15, -0.1) is 0 Å². The zero-order chi connectivity index (χ0) is 13.0. The van der Waals surface area contributed by atoms with Crippen LogP contribution in [0.1, 0.15) is 12.7 Å². The summed E-state index contributed by atoms with van der Waals surface area (Å²) in [5.41, 5.74) is 0.457. The van der Waals surface area contributed by atoms with Gasteiger partial charge in [-0.05, 0) is 18.2 Å². The highest BCUT2D eigenvalue weighted by Crippen LogP contribution is 2.09.